The van der Waals surface area contributed by atoms with E-state index in [4.69, 9.17) is 14.6 Å². The summed E-state index contributed by atoms with van der Waals surface area (Å²) in [6, 6.07) is 7.58. The molecule has 1 aromatic heterocycles. The van der Waals surface area contributed by atoms with E-state index in [1.165, 1.54) is 12.5 Å². The highest BCUT2D eigenvalue weighted by Crippen LogP contribution is 2.17. The number of ether oxygens (including phenoxy) is 2. The molecule has 94 valence electrons. The van der Waals surface area contributed by atoms with Crippen LogP contribution < -0.4 is 9.47 Å². The van der Waals surface area contributed by atoms with Crippen LogP contribution in [-0.2, 0) is 13.2 Å². The molecule has 1 heterocycles. The van der Waals surface area contributed by atoms with Gasteiger partial charge in [-0.15, -0.1) is 0 Å². The standard InChI is InChI=1S/C13H14N2O3/c1-17-12-4-2-3-10(5-12)8-18-13-11(7-16)6-14-9-15-13/h2-6,9,16H,7-8H2,1H3. The molecule has 0 saturated carbocycles. The van der Waals surface area contributed by atoms with Crippen molar-refractivity contribution in [2.45, 2.75) is 13.2 Å². The van der Waals surface area contributed by atoms with Crippen LogP contribution in [0.3, 0.4) is 0 Å². The van der Waals surface area contributed by atoms with Crippen LogP contribution in [0, 0.1) is 0 Å². The molecule has 0 atom stereocenters. The van der Waals surface area contributed by atoms with Gasteiger partial charge in [0.15, 0.2) is 0 Å². The van der Waals surface area contributed by atoms with E-state index < -0.39 is 0 Å². The Morgan fingerprint density at radius 1 is 1.33 bits per heavy atom. The van der Waals surface area contributed by atoms with Crippen LogP contribution in [0.4, 0.5) is 0 Å². The highest BCUT2D eigenvalue weighted by atomic mass is 16.5. The SMILES string of the molecule is COc1cccc(COc2ncncc2CO)c1. The summed E-state index contributed by atoms with van der Waals surface area (Å²) in [6.07, 6.45) is 2.92. The third kappa shape index (κ3) is 2.95. The van der Waals surface area contributed by atoms with Gasteiger partial charge in [0.25, 0.3) is 0 Å². The summed E-state index contributed by atoms with van der Waals surface area (Å²) in [5, 5.41) is 9.12. The van der Waals surface area contributed by atoms with Crippen molar-refractivity contribution in [3.05, 3.63) is 47.9 Å². The first-order valence-electron chi connectivity index (χ1n) is 5.49. The molecule has 0 bridgehead atoms. The largest absolute Gasteiger partial charge is 0.497 e. The second kappa shape index (κ2) is 5.97. The van der Waals surface area contributed by atoms with Gasteiger partial charge in [0.05, 0.1) is 19.3 Å². The van der Waals surface area contributed by atoms with Crippen LogP contribution in [0.1, 0.15) is 11.1 Å². The van der Waals surface area contributed by atoms with Crippen LogP contribution in [0.2, 0.25) is 0 Å². The zero-order valence-electron chi connectivity index (χ0n) is 10.0. The fraction of sp³-hybridized carbons (Fsp3) is 0.231. The van der Waals surface area contributed by atoms with Gasteiger partial charge in [0.1, 0.15) is 18.7 Å². The molecular formula is C13H14N2O3. The Balaban J connectivity index is 2.06. The van der Waals surface area contributed by atoms with Crippen LogP contribution in [-0.4, -0.2) is 22.2 Å². The molecule has 0 radical (unpaired) electrons. The minimum atomic E-state index is -0.145. The molecule has 0 aliphatic heterocycles. The van der Waals surface area contributed by atoms with Crippen molar-refractivity contribution in [1.29, 1.82) is 0 Å². The minimum absolute atomic E-state index is 0.145. The Bertz CT molecular complexity index is 517. The van der Waals surface area contributed by atoms with Crippen LogP contribution in [0.15, 0.2) is 36.8 Å². The highest BCUT2D eigenvalue weighted by molar-refractivity contribution is 5.28. The smallest absolute Gasteiger partial charge is 0.222 e. The van der Waals surface area contributed by atoms with Crippen LogP contribution >= 0.6 is 0 Å². The van der Waals surface area contributed by atoms with Crippen molar-refractivity contribution in [1.82, 2.24) is 9.97 Å². The molecule has 0 unspecified atom stereocenters. The molecule has 0 aliphatic carbocycles. The maximum absolute atomic E-state index is 9.12. The molecule has 2 rings (SSSR count). The van der Waals surface area contributed by atoms with Gasteiger partial charge in [0, 0.05) is 6.20 Å². The Kier molecular flexibility index (Phi) is 4.09. The van der Waals surface area contributed by atoms with Gasteiger partial charge in [-0.2, -0.15) is 0 Å². The van der Waals surface area contributed by atoms with Crippen LogP contribution in [0.5, 0.6) is 11.6 Å². The van der Waals surface area contributed by atoms with Crippen molar-refractivity contribution >= 4 is 0 Å². The van der Waals surface area contributed by atoms with E-state index in [-0.39, 0.29) is 6.61 Å². The van der Waals surface area contributed by atoms with Gasteiger partial charge in [-0.25, -0.2) is 9.97 Å². The Labute approximate surface area is 105 Å². The van der Waals surface area contributed by atoms with Gasteiger partial charge < -0.3 is 14.6 Å². The minimum Gasteiger partial charge on any atom is -0.497 e. The number of nitrogens with zero attached hydrogens (tertiary/aromatic N) is 2. The second-order valence-corrected chi connectivity index (χ2v) is 3.65. The highest BCUT2D eigenvalue weighted by Gasteiger charge is 2.04. The molecule has 0 amide bonds. The van der Waals surface area contributed by atoms with E-state index in [2.05, 4.69) is 9.97 Å². The summed E-state index contributed by atoms with van der Waals surface area (Å²) in [6.45, 7) is 0.218. The molecule has 0 saturated heterocycles. The number of benzene rings is 1. The summed E-state index contributed by atoms with van der Waals surface area (Å²) in [5.74, 6) is 1.18. The molecule has 2 aromatic rings. The van der Waals surface area contributed by atoms with E-state index >= 15 is 0 Å². The Hall–Kier alpha value is -2.14. The third-order valence-electron chi connectivity index (χ3n) is 2.43. The monoisotopic (exact) mass is 246 g/mol. The number of aliphatic hydroxyl groups excluding tert-OH is 1. The number of methoxy groups -OCH3 is 1. The van der Waals surface area contributed by atoms with Gasteiger partial charge in [-0.05, 0) is 17.7 Å². The lowest BCUT2D eigenvalue weighted by Crippen LogP contribution is -2.01. The average molecular weight is 246 g/mol. The zero-order chi connectivity index (χ0) is 12.8. The lowest BCUT2D eigenvalue weighted by molar-refractivity contribution is 0.251. The first-order valence-corrected chi connectivity index (χ1v) is 5.49. The maximum atomic E-state index is 9.12. The van der Waals surface area contributed by atoms with Crippen LogP contribution in [0.25, 0.3) is 0 Å². The molecule has 1 N–H and O–H groups in total. The fourth-order valence-electron chi connectivity index (χ4n) is 1.50. The number of hydrogen-bond acceptors (Lipinski definition) is 5. The van der Waals surface area contributed by atoms with Crippen molar-refractivity contribution < 1.29 is 14.6 Å². The van der Waals surface area contributed by atoms with Crippen molar-refractivity contribution in [2.75, 3.05) is 7.11 Å². The molecule has 18 heavy (non-hydrogen) atoms. The molecule has 5 nitrogen and oxygen atoms in total. The molecular weight excluding hydrogens is 232 g/mol. The Morgan fingerprint density at radius 3 is 3.00 bits per heavy atom. The quantitative estimate of drug-likeness (QED) is 0.867. The first-order chi connectivity index (χ1) is 8.83. The van der Waals surface area contributed by atoms with Gasteiger partial charge in [0.2, 0.25) is 5.88 Å². The van der Waals surface area contributed by atoms with Crippen molar-refractivity contribution in [3.8, 4) is 11.6 Å². The lowest BCUT2D eigenvalue weighted by Gasteiger charge is -2.08. The molecule has 0 aliphatic rings. The molecule has 0 fully saturated rings. The van der Waals surface area contributed by atoms with Gasteiger partial charge in [-0.1, -0.05) is 12.1 Å². The zero-order valence-corrected chi connectivity index (χ0v) is 10.0. The van der Waals surface area contributed by atoms with Crippen molar-refractivity contribution in [2.24, 2.45) is 0 Å². The summed E-state index contributed by atoms with van der Waals surface area (Å²) >= 11 is 0. The van der Waals surface area contributed by atoms with E-state index in [9.17, 15) is 0 Å². The predicted octanol–water partition coefficient (Wildman–Crippen LogP) is 1.56. The topological polar surface area (TPSA) is 64.5 Å². The van der Waals surface area contributed by atoms with Crippen molar-refractivity contribution in [3.63, 3.8) is 0 Å². The third-order valence-corrected chi connectivity index (χ3v) is 2.43. The molecule has 1 aromatic carbocycles. The fourth-order valence-corrected chi connectivity index (χ4v) is 1.50. The summed E-state index contributed by atoms with van der Waals surface area (Å²) in [4.78, 5) is 7.81. The Morgan fingerprint density at radius 2 is 2.22 bits per heavy atom. The predicted molar refractivity (Wildman–Crippen MR) is 65.3 cm³/mol. The second-order valence-electron chi connectivity index (χ2n) is 3.65. The number of aliphatic hydroxyl groups is 1. The summed E-state index contributed by atoms with van der Waals surface area (Å²) < 4.78 is 10.7. The van der Waals surface area contributed by atoms with E-state index in [1.54, 1.807) is 7.11 Å². The molecule has 0 spiro atoms. The van der Waals surface area contributed by atoms with Gasteiger partial charge in [-0.3, -0.25) is 0 Å². The average Bonchev–Trinajstić information content (AvgIpc) is 2.45. The van der Waals surface area contributed by atoms with E-state index in [0.717, 1.165) is 11.3 Å². The number of hydrogen-bond donors (Lipinski definition) is 1. The van der Waals surface area contributed by atoms with E-state index in [1.807, 2.05) is 24.3 Å². The lowest BCUT2D eigenvalue weighted by atomic mass is 10.2. The normalized spacial score (nSPS) is 10.1. The number of rotatable bonds is 5. The summed E-state index contributed by atoms with van der Waals surface area (Å²) in [7, 11) is 1.62. The number of aromatic nitrogens is 2. The first kappa shape index (κ1) is 12.3. The maximum Gasteiger partial charge on any atom is 0.222 e. The van der Waals surface area contributed by atoms with Gasteiger partial charge >= 0.3 is 0 Å². The summed E-state index contributed by atoms with van der Waals surface area (Å²) in [5.41, 5.74) is 1.54. The molecule has 5 heteroatoms. The van der Waals surface area contributed by atoms with E-state index in [0.29, 0.717) is 18.1 Å².